The molecule has 0 spiro atoms. The first-order valence-electron chi connectivity index (χ1n) is 15.4. The molecule has 0 aromatic rings. The van der Waals surface area contributed by atoms with Gasteiger partial charge in [-0.15, -0.1) is 16.5 Å². The van der Waals surface area contributed by atoms with E-state index >= 15 is 0 Å². The Kier molecular flexibility index (Phi) is 10.7. The van der Waals surface area contributed by atoms with Crippen LogP contribution in [0.5, 0.6) is 0 Å². The molecule has 250 valence electrons. The summed E-state index contributed by atoms with van der Waals surface area (Å²) in [5.74, 6) is -2.66. The second-order valence-electron chi connectivity index (χ2n) is 13.3. The van der Waals surface area contributed by atoms with Gasteiger partial charge in [0.2, 0.25) is 6.10 Å². The predicted molar refractivity (Wildman–Crippen MR) is 157 cm³/mol. The van der Waals surface area contributed by atoms with Gasteiger partial charge in [-0.3, -0.25) is 4.79 Å². The van der Waals surface area contributed by atoms with Crippen LogP contribution in [-0.2, 0) is 23.9 Å². The van der Waals surface area contributed by atoms with Crippen molar-refractivity contribution in [1.29, 1.82) is 0 Å². The first-order valence-corrected chi connectivity index (χ1v) is 15.9. The van der Waals surface area contributed by atoms with E-state index in [1.54, 1.807) is 0 Å². The lowest BCUT2D eigenvalue weighted by atomic mass is 9.46. The molecular formula is C30H42ClN3O11. The van der Waals surface area contributed by atoms with Crippen molar-refractivity contribution in [2.45, 2.75) is 95.7 Å². The zero-order valence-corrected chi connectivity index (χ0v) is 26.1. The number of hydrogen-bond acceptors (Lipinski definition) is 11. The summed E-state index contributed by atoms with van der Waals surface area (Å²) >= 11 is 5.48. The number of nitrogens with one attached hydrogen (secondary N) is 1. The summed E-state index contributed by atoms with van der Waals surface area (Å²) in [6.07, 6.45) is -1.10. The van der Waals surface area contributed by atoms with Crippen LogP contribution in [0.4, 0.5) is 4.79 Å². The fourth-order valence-electron chi connectivity index (χ4n) is 8.81. The van der Waals surface area contributed by atoms with Gasteiger partial charge in [-0.1, -0.05) is 19.4 Å². The Balaban J connectivity index is 1.45. The molecule has 4 aliphatic carbocycles. The molecule has 0 heterocycles. The van der Waals surface area contributed by atoms with Crippen LogP contribution in [-0.4, -0.2) is 98.4 Å². The number of nitrogens with zero attached hydrogens (tertiary/aromatic N) is 2. The van der Waals surface area contributed by atoms with E-state index in [4.69, 9.17) is 16.3 Å². The highest BCUT2D eigenvalue weighted by Crippen LogP contribution is 2.67. The highest BCUT2D eigenvalue weighted by molar-refractivity contribution is 6.18. The van der Waals surface area contributed by atoms with E-state index < -0.39 is 59.8 Å². The first kappa shape index (κ1) is 34.9. The second-order valence-corrected chi connectivity index (χ2v) is 13.7. The van der Waals surface area contributed by atoms with Crippen LogP contribution in [0.2, 0.25) is 0 Å². The van der Waals surface area contributed by atoms with Crippen LogP contribution >= 0.6 is 11.6 Å². The van der Waals surface area contributed by atoms with Gasteiger partial charge in [0.25, 0.3) is 0 Å². The van der Waals surface area contributed by atoms with Crippen LogP contribution in [0.1, 0.15) is 65.2 Å². The van der Waals surface area contributed by atoms with E-state index in [1.165, 1.54) is 5.57 Å². The van der Waals surface area contributed by atoms with Crippen LogP contribution in [0.25, 0.3) is 0 Å². The largest absolute Gasteiger partial charge is 0.478 e. The molecule has 3 fully saturated rings. The maximum atomic E-state index is 13.0. The molecule has 14 nitrogen and oxygen atoms in total. The molecule has 2 amide bonds. The van der Waals surface area contributed by atoms with Crippen LogP contribution in [0.15, 0.2) is 16.9 Å². The van der Waals surface area contributed by atoms with E-state index in [9.17, 15) is 49.3 Å². The first-order chi connectivity index (χ1) is 21.2. The number of fused-ring (bicyclic) bond motifs is 5. The van der Waals surface area contributed by atoms with Gasteiger partial charge < -0.3 is 35.3 Å². The van der Waals surface area contributed by atoms with E-state index in [-0.39, 0.29) is 35.8 Å². The van der Waals surface area contributed by atoms with Crippen molar-refractivity contribution in [3.05, 3.63) is 16.6 Å². The van der Waals surface area contributed by atoms with Gasteiger partial charge in [0.15, 0.2) is 11.9 Å². The van der Waals surface area contributed by atoms with Crippen molar-refractivity contribution in [3.63, 3.8) is 0 Å². The Morgan fingerprint density at radius 3 is 2.44 bits per heavy atom. The maximum Gasteiger partial charge on any atom is 0.345 e. The molecular weight excluding hydrogens is 614 g/mol. The molecule has 15 heteroatoms. The lowest BCUT2D eigenvalue weighted by Crippen LogP contribution is -2.57. The normalized spacial score (nSPS) is 33.9. The summed E-state index contributed by atoms with van der Waals surface area (Å²) in [5.41, 5.74) is 0.667. The molecule has 45 heavy (non-hydrogen) atoms. The fourth-order valence-corrected chi connectivity index (χ4v) is 8.97. The molecule has 0 aliphatic heterocycles. The van der Waals surface area contributed by atoms with Crippen molar-refractivity contribution >= 4 is 41.6 Å². The number of nitroso groups, excluding NO2 is 1. The number of urea groups is 1. The third kappa shape index (κ3) is 6.51. The zero-order chi connectivity index (χ0) is 33.3. The molecule has 5 N–H and O–H groups in total. The zero-order valence-electron chi connectivity index (χ0n) is 25.3. The molecule has 1 unspecified atom stereocenters. The number of aldehydes is 1. The van der Waals surface area contributed by atoms with Crippen molar-refractivity contribution in [2.24, 2.45) is 39.8 Å². The average Bonchev–Trinajstić information content (AvgIpc) is 3.36. The minimum absolute atomic E-state index is 0.0129. The molecule has 11 atom stereocenters. The highest BCUT2D eigenvalue weighted by atomic mass is 35.5. The molecule has 3 saturated carbocycles. The number of carbonyl (C=O) groups is 5. The molecule has 0 bridgehead atoms. The molecule has 0 aromatic heterocycles. The topological polar surface area (TPSA) is 220 Å². The summed E-state index contributed by atoms with van der Waals surface area (Å²) < 4.78 is 5.32. The van der Waals surface area contributed by atoms with Crippen LogP contribution in [0, 0.1) is 39.4 Å². The van der Waals surface area contributed by atoms with Crippen molar-refractivity contribution in [2.75, 3.05) is 12.4 Å². The van der Waals surface area contributed by atoms with Gasteiger partial charge in [-0.2, -0.15) is 5.01 Å². The number of aliphatic hydroxyl groups is 3. The lowest BCUT2D eigenvalue weighted by Gasteiger charge is -2.58. The number of rotatable bonds is 12. The smallest absolute Gasteiger partial charge is 0.345 e. The summed E-state index contributed by atoms with van der Waals surface area (Å²) in [6, 6.07) is -3.11. The second kappa shape index (κ2) is 13.8. The van der Waals surface area contributed by atoms with Gasteiger partial charge in [0, 0.05) is 18.2 Å². The Morgan fingerprint density at radius 2 is 1.82 bits per heavy atom. The minimum Gasteiger partial charge on any atom is -0.478 e. The summed E-state index contributed by atoms with van der Waals surface area (Å²) in [5, 5.41) is 46.3. The summed E-state index contributed by atoms with van der Waals surface area (Å²) in [7, 11) is 0. The lowest BCUT2D eigenvalue weighted by molar-refractivity contribution is -0.186. The van der Waals surface area contributed by atoms with Crippen molar-refractivity contribution < 1.29 is 49.1 Å². The predicted octanol–water partition coefficient (Wildman–Crippen LogP) is 1.71. The Hall–Kier alpha value is -2.94. The van der Waals surface area contributed by atoms with Gasteiger partial charge in [0.05, 0.1) is 11.8 Å². The number of hydrogen-bond donors (Lipinski definition) is 5. The average molecular weight is 656 g/mol. The van der Waals surface area contributed by atoms with E-state index in [0.717, 1.165) is 32.1 Å². The Labute approximate surface area is 265 Å². The number of halogens is 1. The third-order valence-corrected chi connectivity index (χ3v) is 11.4. The van der Waals surface area contributed by atoms with E-state index in [0.29, 0.717) is 36.1 Å². The molecule has 0 radical (unpaired) electrons. The highest BCUT2D eigenvalue weighted by Gasteiger charge is 2.61. The van der Waals surface area contributed by atoms with E-state index in [2.05, 4.69) is 12.2 Å². The fraction of sp³-hybridized carbons (Fsp3) is 0.767. The maximum absolute atomic E-state index is 13.0. The standard InChI is InChI=1S/C30H42ClN3O11/c1-29-9-7-16(36)13-15(29)3-4-17-18-5-6-20(30(18,2)10-8-19(17)29)25(26(40)41)45-27(42)24(39)23(38)22(37)21(14-35)32-28(43)34(33-44)12-11-31/h13-14,17-25,37-39H,3-12H2,1-2H3,(H,32,43)(H,40,41)/t17-,18-,19-,20+,21-,22+,23-,24-,25?,29-,30-/m0/s1. The summed E-state index contributed by atoms with van der Waals surface area (Å²) in [6.45, 7) is 3.95. The Bertz CT molecular complexity index is 1230. The van der Waals surface area contributed by atoms with Gasteiger partial charge >= 0.3 is 18.0 Å². The monoisotopic (exact) mass is 655 g/mol. The minimum atomic E-state index is -2.47. The van der Waals surface area contributed by atoms with Crippen molar-refractivity contribution in [1.82, 2.24) is 10.3 Å². The van der Waals surface area contributed by atoms with Crippen LogP contribution in [0.3, 0.4) is 0 Å². The number of esters is 1. The van der Waals surface area contributed by atoms with Crippen LogP contribution < -0.4 is 5.32 Å². The number of carboxylic acids is 1. The summed E-state index contributed by atoms with van der Waals surface area (Å²) in [4.78, 5) is 72.1. The molecule has 0 aromatic carbocycles. The SMILES string of the molecule is C[C@]12CC[C@H]3[C@@H](CCC4=CC(=O)CC[C@@]43C)[C@@H]1CC[C@@H]2C(OC(=O)[C@@H](O)[C@@H](O)[C@H](O)[C@H](C=O)NC(=O)N(CCCl)N=O)C(=O)O. The molecule has 4 aliphatic rings. The van der Waals surface area contributed by atoms with Gasteiger partial charge in [0.1, 0.15) is 24.5 Å². The number of ether oxygens (including phenoxy) is 1. The number of aliphatic hydroxyl groups excluding tert-OH is 3. The molecule has 4 rings (SSSR count). The quantitative estimate of drug-likeness (QED) is 0.0669. The number of amides is 2. The number of carboxylic acid groups (broad SMARTS) is 1. The Morgan fingerprint density at radius 1 is 1.11 bits per heavy atom. The number of aliphatic carboxylic acids is 1. The van der Waals surface area contributed by atoms with Crippen molar-refractivity contribution in [3.8, 4) is 0 Å². The third-order valence-electron chi connectivity index (χ3n) is 11.2. The van der Waals surface area contributed by atoms with Gasteiger partial charge in [-0.05, 0) is 79.6 Å². The van der Waals surface area contributed by atoms with Gasteiger partial charge in [-0.25, -0.2) is 14.4 Å². The number of ketones is 1. The molecule has 0 saturated heterocycles. The number of alkyl halides is 1. The van der Waals surface area contributed by atoms with E-state index in [1.807, 2.05) is 18.3 Å². The number of carbonyl (C=O) groups excluding carboxylic acids is 4. The number of allylic oxidation sites excluding steroid dienone is 1.